The second-order valence-electron chi connectivity index (χ2n) is 8.28. The van der Waals surface area contributed by atoms with Crippen LogP contribution in [-0.4, -0.2) is 42.5 Å². The fraction of sp³-hybridized carbons (Fsp3) is 0.154. The molecule has 8 heteroatoms. The van der Waals surface area contributed by atoms with E-state index in [2.05, 4.69) is 20.9 Å². The fourth-order valence-electron chi connectivity index (χ4n) is 3.81. The maximum Gasteiger partial charge on any atom is 0.322 e. The summed E-state index contributed by atoms with van der Waals surface area (Å²) in [6.07, 6.45) is 0. The number of hydrogen-bond acceptors (Lipinski definition) is 5. The minimum Gasteiger partial charge on any atom is -0.480 e. The summed E-state index contributed by atoms with van der Waals surface area (Å²) in [5.74, 6) is -1.72. The van der Waals surface area contributed by atoms with Gasteiger partial charge in [-0.15, -0.1) is 0 Å². The highest BCUT2D eigenvalue weighted by atomic mass is 19.1. The predicted octanol–water partition coefficient (Wildman–Crippen LogP) is 4.32. The van der Waals surface area contributed by atoms with Gasteiger partial charge in [0.05, 0.1) is 17.0 Å². The van der Waals surface area contributed by atoms with Crippen LogP contribution in [0.5, 0.6) is 0 Å². The molecule has 0 atom stereocenters. The van der Waals surface area contributed by atoms with E-state index in [0.29, 0.717) is 28.2 Å². The van der Waals surface area contributed by atoms with Crippen LogP contribution in [0.2, 0.25) is 0 Å². The Labute approximate surface area is 196 Å². The minimum atomic E-state index is -0.960. The number of hydrogen-bond donors (Lipinski definition) is 4. The van der Waals surface area contributed by atoms with Crippen molar-refractivity contribution in [3.63, 3.8) is 0 Å². The number of carbonyl (C=O) groups is 2. The van der Waals surface area contributed by atoms with E-state index in [1.165, 1.54) is 12.1 Å². The first kappa shape index (κ1) is 23.0. The van der Waals surface area contributed by atoms with E-state index in [-0.39, 0.29) is 12.5 Å². The molecular formula is C26H25FN4O3. The molecule has 34 heavy (non-hydrogen) atoms. The number of nitrogens with one attached hydrogen (secondary N) is 3. The molecule has 4 N–H and O–H groups in total. The summed E-state index contributed by atoms with van der Waals surface area (Å²) in [4.78, 5) is 25.9. The number of carboxylic acids is 1. The molecule has 1 amide bonds. The van der Waals surface area contributed by atoms with Gasteiger partial charge in [-0.2, -0.15) is 0 Å². The highest BCUT2D eigenvalue weighted by Crippen LogP contribution is 2.38. The van der Waals surface area contributed by atoms with E-state index in [1.807, 2.05) is 38.4 Å². The number of nitrogens with zero attached hydrogens (tertiary/aromatic N) is 1. The van der Waals surface area contributed by atoms with Crippen molar-refractivity contribution in [1.29, 1.82) is 0 Å². The van der Waals surface area contributed by atoms with Crippen LogP contribution in [0.4, 0.5) is 21.5 Å². The summed E-state index contributed by atoms with van der Waals surface area (Å²) in [6, 6.07) is 19.2. The lowest BCUT2D eigenvalue weighted by molar-refractivity contribution is -0.134. The van der Waals surface area contributed by atoms with E-state index in [4.69, 9.17) is 5.11 Å². The molecule has 0 aromatic heterocycles. The molecule has 3 aromatic rings. The summed E-state index contributed by atoms with van der Waals surface area (Å²) in [5, 5.41) is 17.8. The zero-order chi connectivity index (χ0) is 24.2. The molecule has 0 bridgehead atoms. The third-order valence-electron chi connectivity index (χ3n) is 5.32. The first-order valence-corrected chi connectivity index (χ1v) is 10.7. The van der Waals surface area contributed by atoms with Crippen molar-refractivity contribution < 1.29 is 19.1 Å². The smallest absolute Gasteiger partial charge is 0.322 e. The molecule has 1 aliphatic rings. The molecule has 0 aliphatic carbocycles. The summed E-state index contributed by atoms with van der Waals surface area (Å²) in [7, 11) is 4.01. The van der Waals surface area contributed by atoms with Gasteiger partial charge in [0.15, 0.2) is 0 Å². The number of fused-ring (bicyclic) bond motifs is 1. The third kappa shape index (κ3) is 5.24. The number of anilines is 3. The lowest BCUT2D eigenvalue weighted by Gasteiger charge is -2.16. The Morgan fingerprint density at radius 2 is 1.68 bits per heavy atom. The van der Waals surface area contributed by atoms with E-state index >= 15 is 0 Å². The zero-order valence-electron chi connectivity index (χ0n) is 18.9. The number of carboxylic acid groups (broad SMARTS) is 1. The van der Waals surface area contributed by atoms with Crippen LogP contribution in [0.25, 0.3) is 11.3 Å². The van der Waals surface area contributed by atoms with Crippen LogP contribution >= 0.6 is 0 Å². The number of carbonyl (C=O) groups excluding carboxylic acids is 1. The van der Waals surface area contributed by atoms with Crippen molar-refractivity contribution in [2.24, 2.45) is 0 Å². The van der Waals surface area contributed by atoms with Gasteiger partial charge in [-0.3, -0.25) is 9.59 Å². The molecule has 0 saturated heterocycles. The molecule has 0 unspecified atom stereocenters. The average Bonchev–Trinajstić information content (AvgIpc) is 3.11. The highest BCUT2D eigenvalue weighted by Gasteiger charge is 2.28. The maximum absolute atomic E-state index is 13.8. The molecule has 4 rings (SSSR count). The van der Waals surface area contributed by atoms with Gasteiger partial charge in [-0.1, -0.05) is 24.3 Å². The Kier molecular flexibility index (Phi) is 6.60. The number of amides is 1. The molecule has 3 aromatic carbocycles. The van der Waals surface area contributed by atoms with Gasteiger partial charge in [0.2, 0.25) is 0 Å². The molecule has 1 heterocycles. The number of aliphatic carboxylic acids is 1. The second kappa shape index (κ2) is 9.76. The van der Waals surface area contributed by atoms with Crippen molar-refractivity contribution >= 4 is 40.2 Å². The first-order chi connectivity index (χ1) is 16.3. The normalized spacial score (nSPS) is 13.9. The monoisotopic (exact) mass is 460 g/mol. The molecular weight excluding hydrogens is 435 g/mol. The maximum atomic E-state index is 13.8. The first-order valence-electron chi connectivity index (χ1n) is 10.7. The van der Waals surface area contributed by atoms with E-state index in [9.17, 15) is 14.0 Å². The Morgan fingerprint density at radius 3 is 2.32 bits per heavy atom. The second-order valence-corrected chi connectivity index (χ2v) is 8.28. The van der Waals surface area contributed by atoms with Gasteiger partial charge in [0.1, 0.15) is 12.4 Å². The lowest BCUT2D eigenvalue weighted by Crippen LogP contribution is -2.12. The molecule has 174 valence electrons. The Bertz CT molecular complexity index is 1250. The van der Waals surface area contributed by atoms with Crippen molar-refractivity contribution in [2.75, 3.05) is 36.6 Å². The van der Waals surface area contributed by atoms with Gasteiger partial charge in [0.25, 0.3) is 5.91 Å². The molecule has 0 spiro atoms. The van der Waals surface area contributed by atoms with Crippen molar-refractivity contribution in [3.05, 3.63) is 89.2 Å². The standard InChI is InChI=1S/C26H25FN4O3/c1-31(2)15-16-3-8-20(9-4-16)29-25(17-5-10-19(11-6-17)28-14-23(32)33)24-21-12-7-18(27)13-22(21)30-26(24)34/h3-13,28-29H,14-15H2,1-2H3,(H,30,34)(H,32,33)/b25-24-. The van der Waals surface area contributed by atoms with E-state index in [0.717, 1.165) is 23.4 Å². The van der Waals surface area contributed by atoms with Crippen molar-refractivity contribution in [3.8, 4) is 0 Å². The van der Waals surface area contributed by atoms with Crippen LogP contribution in [-0.2, 0) is 16.1 Å². The predicted molar refractivity (Wildman–Crippen MR) is 132 cm³/mol. The largest absolute Gasteiger partial charge is 0.480 e. The van der Waals surface area contributed by atoms with Gasteiger partial charge in [0, 0.05) is 23.5 Å². The quantitative estimate of drug-likeness (QED) is 0.374. The van der Waals surface area contributed by atoms with Crippen LogP contribution < -0.4 is 16.0 Å². The van der Waals surface area contributed by atoms with Gasteiger partial charge < -0.3 is 26.0 Å². The lowest BCUT2D eigenvalue weighted by atomic mass is 9.99. The zero-order valence-corrected chi connectivity index (χ0v) is 18.9. The summed E-state index contributed by atoms with van der Waals surface area (Å²) in [5.41, 5.74) is 5.29. The van der Waals surface area contributed by atoms with Crippen LogP contribution in [0.1, 0.15) is 16.7 Å². The summed E-state index contributed by atoms with van der Waals surface area (Å²) >= 11 is 0. The third-order valence-corrected chi connectivity index (χ3v) is 5.32. The highest BCUT2D eigenvalue weighted by molar-refractivity contribution is 6.37. The van der Waals surface area contributed by atoms with Crippen molar-refractivity contribution in [1.82, 2.24) is 4.90 Å². The SMILES string of the molecule is CN(C)Cc1ccc(N/C(=C2\C(=O)Nc3cc(F)ccc32)c2ccc(NCC(=O)O)cc2)cc1. The fourth-order valence-corrected chi connectivity index (χ4v) is 3.81. The Balaban J connectivity index is 1.74. The number of rotatable bonds is 8. The molecule has 0 saturated carbocycles. The van der Waals surface area contributed by atoms with Crippen LogP contribution in [0.3, 0.4) is 0 Å². The minimum absolute atomic E-state index is 0.202. The van der Waals surface area contributed by atoms with Gasteiger partial charge in [-0.05, 0) is 67.7 Å². The topological polar surface area (TPSA) is 93.7 Å². The number of benzene rings is 3. The average molecular weight is 461 g/mol. The van der Waals surface area contributed by atoms with E-state index < -0.39 is 11.8 Å². The van der Waals surface area contributed by atoms with Gasteiger partial charge >= 0.3 is 5.97 Å². The number of halogens is 1. The molecule has 0 radical (unpaired) electrons. The van der Waals surface area contributed by atoms with Crippen LogP contribution in [0.15, 0.2) is 66.7 Å². The van der Waals surface area contributed by atoms with Gasteiger partial charge in [-0.25, -0.2) is 4.39 Å². The van der Waals surface area contributed by atoms with Crippen molar-refractivity contribution in [2.45, 2.75) is 6.54 Å². The Morgan fingerprint density at radius 1 is 1.00 bits per heavy atom. The summed E-state index contributed by atoms with van der Waals surface area (Å²) < 4.78 is 13.8. The summed E-state index contributed by atoms with van der Waals surface area (Å²) in [6.45, 7) is 0.604. The molecule has 7 nitrogen and oxygen atoms in total. The Hall–Kier alpha value is -4.17. The van der Waals surface area contributed by atoms with Crippen LogP contribution in [0, 0.1) is 5.82 Å². The molecule has 0 fully saturated rings. The van der Waals surface area contributed by atoms with E-state index in [1.54, 1.807) is 30.3 Å². The molecule has 1 aliphatic heterocycles.